The van der Waals surface area contributed by atoms with E-state index >= 15 is 0 Å². The maximum atomic E-state index is 12.5. The third-order valence-electron chi connectivity index (χ3n) is 4.13. The van der Waals surface area contributed by atoms with Crippen LogP contribution < -0.4 is 5.32 Å². The summed E-state index contributed by atoms with van der Waals surface area (Å²) in [5, 5.41) is 3.09. The number of rotatable bonds is 6. The number of nitrogens with zero attached hydrogens (tertiary/aromatic N) is 1. The van der Waals surface area contributed by atoms with Gasteiger partial charge in [-0.2, -0.15) is 0 Å². The zero-order chi connectivity index (χ0) is 15.9. The Morgan fingerprint density at radius 2 is 2.09 bits per heavy atom. The van der Waals surface area contributed by atoms with Gasteiger partial charge in [-0.1, -0.05) is 41.9 Å². The van der Waals surface area contributed by atoms with Crippen molar-refractivity contribution in [3.63, 3.8) is 0 Å². The minimum atomic E-state index is 0.00273. The number of hydrogen-bond acceptors (Lipinski definition) is 2. The van der Waals surface area contributed by atoms with E-state index in [1.165, 1.54) is 0 Å². The van der Waals surface area contributed by atoms with Gasteiger partial charge in [-0.3, -0.25) is 9.69 Å². The Morgan fingerprint density at radius 3 is 2.77 bits per heavy atom. The Hall–Kier alpha value is -0.870. The van der Waals surface area contributed by atoms with Crippen LogP contribution in [0.2, 0.25) is 0 Å². The lowest BCUT2D eigenvalue weighted by Gasteiger charge is -2.35. The van der Waals surface area contributed by atoms with Crippen LogP contribution in [-0.4, -0.2) is 29.9 Å². The standard InChI is InChI=1S/C18H26BrN2O/c1-14(2)10-12-21-11-4-3-5-17(21)18(22)20-13-15-6-8-16(19)9-7-15/h3,6-9,14,17H,4-5,10-13H2,1-2H3,(H,20,22). The van der Waals surface area contributed by atoms with Crippen molar-refractivity contribution in [1.29, 1.82) is 0 Å². The van der Waals surface area contributed by atoms with Crippen LogP contribution >= 0.6 is 15.9 Å². The summed E-state index contributed by atoms with van der Waals surface area (Å²) in [7, 11) is 0. The van der Waals surface area contributed by atoms with E-state index in [0.29, 0.717) is 12.5 Å². The van der Waals surface area contributed by atoms with Gasteiger partial charge in [0, 0.05) is 11.0 Å². The summed E-state index contributed by atoms with van der Waals surface area (Å²) >= 11 is 3.43. The van der Waals surface area contributed by atoms with E-state index < -0.39 is 0 Å². The first-order valence-corrected chi connectivity index (χ1v) is 8.93. The van der Waals surface area contributed by atoms with Crippen molar-refractivity contribution in [2.24, 2.45) is 5.92 Å². The molecule has 0 spiro atoms. The second kappa shape index (κ2) is 8.68. The molecule has 2 rings (SSSR count). The molecule has 0 aromatic heterocycles. The molecule has 3 nitrogen and oxygen atoms in total. The van der Waals surface area contributed by atoms with Gasteiger partial charge >= 0.3 is 0 Å². The number of hydrogen-bond donors (Lipinski definition) is 1. The van der Waals surface area contributed by atoms with E-state index in [1.54, 1.807) is 0 Å². The predicted octanol–water partition coefficient (Wildman–Crippen LogP) is 3.78. The molecule has 22 heavy (non-hydrogen) atoms. The van der Waals surface area contributed by atoms with Gasteiger partial charge in [-0.25, -0.2) is 0 Å². The van der Waals surface area contributed by atoms with E-state index in [4.69, 9.17) is 0 Å². The lowest BCUT2D eigenvalue weighted by Crippen LogP contribution is -2.49. The van der Waals surface area contributed by atoms with Crippen LogP contribution in [0.25, 0.3) is 0 Å². The molecule has 0 saturated carbocycles. The molecule has 1 N–H and O–H groups in total. The Kier molecular flexibility index (Phi) is 6.90. The van der Waals surface area contributed by atoms with Crippen molar-refractivity contribution in [3.05, 3.63) is 40.7 Å². The number of likely N-dealkylation sites (tertiary alicyclic amines) is 1. The van der Waals surface area contributed by atoms with E-state index in [9.17, 15) is 4.79 Å². The van der Waals surface area contributed by atoms with Crippen molar-refractivity contribution < 1.29 is 4.79 Å². The number of benzene rings is 1. The topological polar surface area (TPSA) is 32.3 Å². The summed E-state index contributed by atoms with van der Waals surface area (Å²) in [4.78, 5) is 14.9. The van der Waals surface area contributed by atoms with E-state index in [-0.39, 0.29) is 11.9 Å². The Labute approximate surface area is 142 Å². The number of carbonyl (C=O) groups excluding carboxylic acids is 1. The van der Waals surface area contributed by atoms with E-state index in [2.05, 4.69) is 46.4 Å². The fourth-order valence-electron chi connectivity index (χ4n) is 2.71. The quantitative estimate of drug-likeness (QED) is 0.831. The third kappa shape index (κ3) is 5.40. The molecular formula is C18H26BrN2O. The first kappa shape index (κ1) is 17.5. The molecule has 1 radical (unpaired) electrons. The van der Waals surface area contributed by atoms with E-state index in [0.717, 1.165) is 42.4 Å². The summed E-state index contributed by atoms with van der Waals surface area (Å²) in [6.45, 7) is 7.09. The summed E-state index contributed by atoms with van der Waals surface area (Å²) in [6, 6.07) is 8.08. The highest BCUT2D eigenvalue weighted by atomic mass is 79.9. The van der Waals surface area contributed by atoms with Crippen molar-refractivity contribution in [2.45, 2.75) is 45.7 Å². The predicted molar refractivity (Wildman–Crippen MR) is 94.3 cm³/mol. The molecule has 1 aromatic rings. The Morgan fingerprint density at radius 1 is 1.36 bits per heavy atom. The molecule has 1 aromatic carbocycles. The van der Waals surface area contributed by atoms with Gasteiger partial charge in [0.15, 0.2) is 0 Å². The lowest BCUT2D eigenvalue weighted by atomic mass is 10.00. The third-order valence-corrected chi connectivity index (χ3v) is 4.66. The second-order valence-electron chi connectivity index (χ2n) is 6.39. The molecule has 0 aliphatic carbocycles. The maximum Gasteiger partial charge on any atom is 0.237 e. The molecule has 0 bridgehead atoms. The summed E-state index contributed by atoms with van der Waals surface area (Å²) in [6.07, 6.45) is 5.35. The van der Waals surface area contributed by atoms with Gasteiger partial charge in [0.2, 0.25) is 5.91 Å². The fraction of sp³-hybridized carbons (Fsp3) is 0.556. The van der Waals surface area contributed by atoms with Crippen LogP contribution in [-0.2, 0) is 11.3 Å². The molecule has 1 aliphatic rings. The first-order chi connectivity index (χ1) is 10.6. The first-order valence-electron chi connectivity index (χ1n) is 8.14. The second-order valence-corrected chi connectivity index (χ2v) is 7.31. The summed E-state index contributed by atoms with van der Waals surface area (Å²) in [5.41, 5.74) is 1.13. The van der Waals surface area contributed by atoms with Gasteiger partial charge in [0.1, 0.15) is 0 Å². The van der Waals surface area contributed by atoms with Crippen molar-refractivity contribution in [2.75, 3.05) is 13.1 Å². The smallest absolute Gasteiger partial charge is 0.237 e. The normalized spacial score (nSPS) is 19.4. The largest absolute Gasteiger partial charge is 0.351 e. The number of piperidine rings is 1. The number of amides is 1. The Bertz CT molecular complexity index is 472. The lowest BCUT2D eigenvalue weighted by molar-refractivity contribution is -0.127. The monoisotopic (exact) mass is 365 g/mol. The van der Waals surface area contributed by atoms with Gasteiger partial charge in [-0.15, -0.1) is 0 Å². The highest BCUT2D eigenvalue weighted by molar-refractivity contribution is 9.10. The molecule has 1 amide bonds. The van der Waals surface area contributed by atoms with E-state index in [1.807, 2.05) is 24.3 Å². The van der Waals surface area contributed by atoms with Gasteiger partial charge in [0.25, 0.3) is 0 Å². The minimum absolute atomic E-state index is 0.00273. The number of halogens is 1. The molecule has 121 valence electrons. The van der Waals surface area contributed by atoms with Crippen molar-refractivity contribution in [3.8, 4) is 0 Å². The molecule has 1 saturated heterocycles. The average Bonchev–Trinajstić information content (AvgIpc) is 2.52. The molecule has 4 heteroatoms. The fourth-order valence-corrected chi connectivity index (χ4v) is 2.98. The van der Waals surface area contributed by atoms with Gasteiger partial charge in [-0.05, 0) is 62.4 Å². The van der Waals surface area contributed by atoms with Crippen LogP contribution in [0, 0.1) is 12.3 Å². The molecule has 1 aliphatic heterocycles. The number of nitrogens with one attached hydrogen (secondary N) is 1. The molecule has 1 unspecified atom stereocenters. The van der Waals surface area contributed by atoms with Crippen LogP contribution in [0.1, 0.15) is 38.7 Å². The summed E-state index contributed by atoms with van der Waals surface area (Å²) < 4.78 is 1.06. The molecule has 1 atom stereocenters. The highest BCUT2D eigenvalue weighted by Crippen LogP contribution is 2.18. The van der Waals surface area contributed by atoms with Gasteiger partial charge < -0.3 is 5.32 Å². The zero-order valence-electron chi connectivity index (χ0n) is 13.5. The van der Waals surface area contributed by atoms with Crippen LogP contribution in [0.4, 0.5) is 0 Å². The minimum Gasteiger partial charge on any atom is -0.351 e. The van der Waals surface area contributed by atoms with Gasteiger partial charge in [0.05, 0.1) is 6.04 Å². The maximum absolute atomic E-state index is 12.5. The van der Waals surface area contributed by atoms with Crippen LogP contribution in [0.3, 0.4) is 0 Å². The van der Waals surface area contributed by atoms with Crippen molar-refractivity contribution in [1.82, 2.24) is 10.2 Å². The summed E-state index contributed by atoms with van der Waals surface area (Å²) in [5.74, 6) is 0.833. The highest BCUT2D eigenvalue weighted by Gasteiger charge is 2.28. The zero-order valence-corrected chi connectivity index (χ0v) is 15.1. The van der Waals surface area contributed by atoms with Crippen LogP contribution in [0.5, 0.6) is 0 Å². The average molecular weight is 366 g/mol. The SMILES string of the molecule is CC(C)CCN1CC[CH]CC1C(=O)NCc1ccc(Br)cc1. The molecular weight excluding hydrogens is 340 g/mol. The molecule has 1 fully saturated rings. The molecule has 1 heterocycles. The van der Waals surface area contributed by atoms with Crippen molar-refractivity contribution >= 4 is 21.8 Å². The Balaban J connectivity index is 1.86. The number of carbonyl (C=O) groups is 1. The van der Waals surface area contributed by atoms with Crippen LogP contribution in [0.15, 0.2) is 28.7 Å².